The van der Waals surface area contributed by atoms with Gasteiger partial charge in [-0.15, -0.1) is 35.3 Å². The van der Waals surface area contributed by atoms with E-state index in [0.29, 0.717) is 6.54 Å². The third-order valence-corrected chi connectivity index (χ3v) is 4.49. The minimum Gasteiger partial charge on any atom is -0.357 e. The lowest BCUT2D eigenvalue weighted by atomic mass is 10.3. The molecule has 0 spiro atoms. The molecule has 0 aliphatic rings. The molecule has 0 unspecified atom stereocenters. The largest absolute Gasteiger partial charge is 0.357 e. The molecule has 1 heterocycles. The molecule has 0 amide bonds. The molecule has 0 aliphatic heterocycles. The highest BCUT2D eigenvalue weighted by atomic mass is 127. The zero-order valence-electron chi connectivity index (χ0n) is 13.9. The van der Waals surface area contributed by atoms with Crippen LogP contribution in [0, 0.1) is 0 Å². The van der Waals surface area contributed by atoms with Gasteiger partial charge in [0.05, 0.1) is 12.2 Å². The Morgan fingerprint density at radius 3 is 2.73 bits per heavy atom. The molecule has 0 aliphatic carbocycles. The van der Waals surface area contributed by atoms with Crippen molar-refractivity contribution in [2.45, 2.75) is 26.3 Å². The monoisotopic (exact) mass is 457 g/mol. The molecule has 0 saturated carbocycles. The molecule has 0 fully saturated rings. The topological polar surface area (TPSA) is 52.6 Å². The first-order valence-electron chi connectivity index (χ1n) is 7.30. The van der Waals surface area contributed by atoms with Crippen molar-refractivity contribution in [3.8, 4) is 0 Å². The van der Waals surface area contributed by atoms with Crippen LogP contribution < -0.4 is 15.5 Å². The number of hydrogen-bond acceptors (Lipinski definition) is 5. The minimum atomic E-state index is 0. The molecular formula is C14H28IN5S2. The van der Waals surface area contributed by atoms with E-state index < -0.39 is 0 Å². The van der Waals surface area contributed by atoms with Gasteiger partial charge in [-0.05, 0) is 31.8 Å². The highest BCUT2D eigenvalue weighted by Crippen LogP contribution is 2.18. The fraction of sp³-hybridized carbons (Fsp3) is 0.714. The molecule has 0 radical (unpaired) electrons. The van der Waals surface area contributed by atoms with Crippen LogP contribution in [-0.4, -0.2) is 50.1 Å². The number of nitrogens with one attached hydrogen (secondary N) is 2. The predicted molar refractivity (Wildman–Crippen MR) is 112 cm³/mol. The predicted octanol–water partition coefficient (Wildman–Crippen LogP) is 3.03. The standard InChI is InChI=1S/C14H27N5S2.HI/c1-5-15-13(16-8-6-7-9-20-4)17-10-12-11-21-14(18-12)19(2)3;/h11H,5-10H2,1-4H3,(H2,15,16,17);1H. The summed E-state index contributed by atoms with van der Waals surface area (Å²) in [6, 6.07) is 0. The molecule has 1 aromatic heterocycles. The van der Waals surface area contributed by atoms with Crippen LogP contribution >= 0.6 is 47.1 Å². The van der Waals surface area contributed by atoms with Crippen LogP contribution in [0.3, 0.4) is 0 Å². The van der Waals surface area contributed by atoms with E-state index in [1.54, 1.807) is 11.3 Å². The van der Waals surface area contributed by atoms with Crippen molar-refractivity contribution in [1.29, 1.82) is 0 Å². The van der Waals surface area contributed by atoms with Gasteiger partial charge in [0, 0.05) is 32.6 Å². The number of halogens is 1. The highest BCUT2D eigenvalue weighted by Gasteiger charge is 2.03. The molecule has 5 nitrogen and oxygen atoms in total. The summed E-state index contributed by atoms with van der Waals surface area (Å²) >= 11 is 3.55. The van der Waals surface area contributed by atoms with Crippen molar-refractivity contribution in [2.24, 2.45) is 4.99 Å². The van der Waals surface area contributed by atoms with E-state index in [4.69, 9.17) is 0 Å². The van der Waals surface area contributed by atoms with Crippen molar-refractivity contribution in [2.75, 3.05) is 44.1 Å². The lowest BCUT2D eigenvalue weighted by Crippen LogP contribution is -2.37. The summed E-state index contributed by atoms with van der Waals surface area (Å²) in [5, 5.41) is 9.74. The Morgan fingerprint density at radius 1 is 1.36 bits per heavy atom. The number of nitrogens with zero attached hydrogens (tertiary/aromatic N) is 3. The maximum absolute atomic E-state index is 4.59. The second-order valence-electron chi connectivity index (χ2n) is 4.84. The van der Waals surface area contributed by atoms with Gasteiger partial charge >= 0.3 is 0 Å². The summed E-state index contributed by atoms with van der Waals surface area (Å²) in [4.78, 5) is 11.2. The number of anilines is 1. The van der Waals surface area contributed by atoms with Crippen LogP contribution in [0.25, 0.3) is 0 Å². The van der Waals surface area contributed by atoms with Gasteiger partial charge in [0.25, 0.3) is 0 Å². The number of rotatable bonds is 9. The van der Waals surface area contributed by atoms with Crippen LogP contribution in [0.4, 0.5) is 5.13 Å². The van der Waals surface area contributed by atoms with Gasteiger partial charge in [-0.25, -0.2) is 9.98 Å². The zero-order chi connectivity index (χ0) is 15.5. The van der Waals surface area contributed by atoms with Gasteiger partial charge in [-0.2, -0.15) is 11.8 Å². The molecule has 22 heavy (non-hydrogen) atoms. The van der Waals surface area contributed by atoms with Crippen molar-refractivity contribution >= 4 is 58.2 Å². The molecule has 0 atom stereocenters. The SMILES string of the molecule is CCNC(=NCc1csc(N(C)C)n1)NCCCCSC.I. The summed E-state index contributed by atoms with van der Waals surface area (Å²) in [7, 11) is 4.01. The van der Waals surface area contributed by atoms with E-state index in [0.717, 1.165) is 29.9 Å². The van der Waals surface area contributed by atoms with E-state index in [2.05, 4.69) is 39.2 Å². The normalized spacial score (nSPS) is 11.0. The Bertz CT molecular complexity index is 423. The number of thiazole rings is 1. The van der Waals surface area contributed by atoms with Gasteiger partial charge in [0.2, 0.25) is 0 Å². The Morgan fingerprint density at radius 2 is 2.14 bits per heavy atom. The maximum Gasteiger partial charge on any atom is 0.191 e. The smallest absolute Gasteiger partial charge is 0.191 e. The van der Waals surface area contributed by atoms with E-state index >= 15 is 0 Å². The Labute approximate surface area is 159 Å². The first kappa shape index (κ1) is 21.8. The highest BCUT2D eigenvalue weighted by molar-refractivity contribution is 14.0. The number of aromatic nitrogens is 1. The molecular weight excluding hydrogens is 429 g/mol. The average Bonchev–Trinajstić information content (AvgIpc) is 2.93. The van der Waals surface area contributed by atoms with E-state index in [-0.39, 0.29) is 24.0 Å². The summed E-state index contributed by atoms with van der Waals surface area (Å²) in [5.74, 6) is 2.10. The molecule has 0 bridgehead atoms. The third-order valence-electron chi connectivity index (χ3n) is 2.73. The maximum atomic E-state index is 4.59. The van der Waals surface area contributed by atoms with Gasteiger partial charge in [0.1, 0.15) is 0 Å². The number of aliphatic imine (C=N–C) groups is 1. The van der Waals surface area contributed by atoms with Crippen LogP contribution in [-0.2, 0) is 6.54 Å². The molecule has 0 aromatic carbocycles. The summed E-state index contributed by atoms with van der Waals surface area (Å²) in [6.07, 6.45) is 4.56. The van der Waals surface area contributed by atoms with Crippen molar-refractivity contribution in [3.05, 3.63) is 11.1 Å². The van der Waals surface area contributed by atoms with E-state index in [9.17, 15) is 0 Å². The van der Waals surface area contributed by atoms with Crippen LogP contribution in [0.5, 0.6) is 0 Å². The minimum absolute atomic E-state index is 0. The Hall–Kier alpha value is -0.220. The molecule has 128 valence electrons. The zero-order valence-corrected chi connectivity index (χ0v) is 17.8. The molecule has 8 heteroatoms. The molecule has 1 rings (SSSR count). The van der Waals surface area contributed by atoms with E-state index in [1.165, 1.54) is 18.6 Å². The second kappa shape index (κ2) is 13.2. The van der Waals surface area contributed by atoms with Crippen LogP contribution in [0.2, 0.25) is 0 Å². The lowest BCUT2D eigenvalue weighted by Gasteiger charge is -2.10. The van der Waals surface area contributed by atoms with Crippen molar-refractivity contribution < 1.29 is 0 Å². The van der Waals surface area contributed by atoms with Gasteiger partial charge in [-0.1, -0.05) is 0 Å². The Balaban J connectivity index is 0.00000441. The van der Waals surface area contributed by atoms with Crippen molar-refractivity contribution in [1.82, 2.24) is 15.6 Å². The Kier molecular flexibility index (Phi) is 13.1. The van der Waals surface area contributed by atoms with Crippen LogP contribution in [0.1, 0.15) is 25.5 Å². The fourth-order valence-corrected chi connectivity index (χ4v) is 2.90. The molecule has 1 aromatic rings. The van der Waals surface area contributed by atoms with Gasteiger partial charge < -0.3 is 15.5 Å². The summed E-state index contributed by atoms with van der Waals surface area (Å²) in [6.45, 7) is 4.53. The molecule has 2 N–H and O–H groups in total. The van der Waals surface area contributed by atoms with Gasteiger partial charge in [0.15, 0.2) is 11.1 Å². The number of thioether (sulfide) groups is 1. The fourth-order valence-electron chi connectivity index (χ4n) is 1.65. The number of hydrogen-bond donors (Lipinski definition) is 2. The lowest BCUT2D eigenvalue weighted by molar-refractivity contribution is 0.733. The quantitative estimate of drug-likeness (QED) is 0.259. The first-order valence-corrected chi connectivity index (χ1v) is 9.57. The summed E-state index contributed by atoms with van der Waals surface area (Å²) < 4.78 is 0. The van der Waals surface area contributed by atoms with Gasteiger partial charge in [-0.3, -0.25) is 0 Å². The average molecular weight is 457 g/mol. The van der Waals surface area contributed by atoms with Crippen LogP contribution in [0.15, 0.2) is 10.4 Å². The second-order valence-corrected chi connectivity index (χ2v) is 6.66. The third kappa shape index (κ3) is 9.04. The van der Waals surface area contributed by atoms with Crippen molar-refractivity contribution in [3.63, 3.8) is 0 Å². The summed E-state index contributed by atoms with van der Waals surface area (Å²) in [5.41, 5.74) is 1.02. The molecule has 0 saturated heterocycles. The van der Waals surface area contributed by atoms with E-state index in [1.807, 2.05) is 30.8 Å². The number of guanidine groups is 1. The first-order chi connectivity index (χ1) is 10.2. The number of unbranched alkanes of at least 4 members (excludes halogenated alkanes) is 1.